The fourth-order valence-corrected chi connectivity index (χ4v) is 4.37. The minimum atomic E-state index is -3.36. The van der Waals surface area contributed by atoms with Crippen LogP contribution < -0.4 is 5.32 Å². The number of sulfone groups is 1. The summed E-state index contributed by atoms with van der Waals surface area (Å²) in [6.45, 7) is 4.77. The lowest BCUT2D eigenvalue weighted by molar-refractivity contribution is 0.102. The highest BCUT2D eigenvalue weighted by Gasteiger charge is 2.17. The number of nitrogens with zero attached hydrogens (tertiary/aromatic N) is 2. The predicted molar refractivity (Wildman–Crippen MR) is 103 cm³/mol. The largest absolute Gasteiger partial charge is 0.298 e. The molecule has 1 amide bonds. The molecule has 0 aliphatic carbocycles. The molecule has 1 saturated heterocycles. The van der Waals surface area contributed by atoms with Gasteiger partial charge in [0.2, 0.25) is 0 Å². The van der Waals surface area contributed by atoms with Crippen LogP contribution in [0.3, 0.4) is 0 Å². The number of hydrogen-bond donors (Lipinski definition) is 1. The van der Waals surface area contributed by atoms with E-state index < -0.39 is 9.84 Å². The lowest BCUT2D eigenvalue weighted by Gasteiger charge is -2.25. The Morgan fingerprint density at radius 3 is 2.69 bits per heavy atom. The van der Waals surface area contributed by atoms with E-state index in [4.69, 9.17) is 0 Å². The number of piperidine rings is 1. The number of aromatic nitrogens is 1. The van der Waals surface area contributed by atoms with Crippen LogP contribution in [-0.4, -0.2) is 43.6 Å². The zero-order valence-corrected chi connectivity index (χ0v) is 16.6. The molecule has 0 bridgehead atoms. The first-order chi connectivity index (χ1) is 12.3. The van der Waals surface area contributed by atoms with Crippen LogP contribution in [0.4, 0.5) is 5.13 Å². The van der Waals surface area contributed by atoms with Gasteiger partial charge in [-0.05, 0) is 50.6 Å². The number of hydrogen-bond acceptors (Lipinski definition) is 6. The summed E-state index contributed by atoms with van der Waals surface area (Å²) in [4.78, 5) is 19.6. The number of carbonyl (C=O) groups is 1. The average molecular weight is 394 g/mol. The first-order valence-corrected chi connectivity index (χ1v) is 11.4. The molecule has 140 valence electrons. The van der Waals surface area contributed by atoms with Gasteiger partial charge in [-0.2, -0.15) is 0 Å². The zero-order valence-electron chi connectivity index (χ0n) is 15.0. The van der Waals surface area contributed by atoms with E-state index >= 15 is 0 Å². The van der Waals surface area contributed by atoms with E-state index in [1.807, 2.05) is 5.38 Å². The van der Waals surface area contributed by atoms with Gasteiger partial charge < -0.3 is 0 Å². The van der Waals surface area contributed by atoms with Crippen molar-refractivity contribution in [3.8, 4) is 0 Å². The van der Waals surface area contributed by atoms with Crippen LogP contribution >= 0.6 is 11.3 Å². The minimum Gasteiger partial charge on any atom is -0.298 e. The minimum absolute atomic E-state index is 0.137. The number of aryl methyl sites for hydroxylation is 1. The normalized spacial score (nSPS) is 15.8. The van der Waals surface area contributed by atoms with Crippen LogP contribution in [0.25, 0.3) is 0 Å². The SMILES string of the molecule is Cc1ccc(S(C)(=O)=O)cc1C(=O)Nc1nc(CN2CCCCC2)cs1. The molecule has 1 aromatic heterocycles. The molecule has 1 aliphatic rings. The maximum atomic E-state index is 12.6. The lowest BCUT2D eigenvalue weighted by Crippen LogP contribution is -2.29. The van der Waals surface area contributed by atoms with E-state index in [9.17, 15) is 13.2 Å². The fraction of sp³-hybridized carbons (Fsp3) is 0.444. The molecule has 6 nitrogen and oxygen atoms in total. The predicted octanol–water partition coefficient (Wildman–Crippen LogP) is 3.09. The van der Waals surface area contributed by atoms with Crippen molar-refractivity contribution in [3.63, 3.8) is 0 Å². The molecule has 3 rings (SSSR count). The smallest absolute Gasteiger partial charge is 0.257 e. The van der Waals surface area contributed by atoms with Gasteiger partial charge in [0, 0.05) is 23.7 Å². The molecule has 0 saturated carbocycles. The van der Waals surface area contributed by atoms with Crippen LogP contribution in [0.1, 0.15) is 40.9 Å². The topological polar surface area (TPSA) is 79.4 Å². The number of carbonyl (C=O) groups excluding carboxylic acids is 1. The van der Waals surface area contributed by atoms with E-state index in [-0.39, 0.29) is 10.8 Å². The van der Waals surface area contributed by atoms with E-state index in [0.29, 0.717) is 10.7 Å². The Bertz CT molecular complexity index is 900. The number of benzene rings is 1. The van der Waals surface area contributed by atoms with E-state index in [1.165, 1.54) is 42.7 Å². The standard InChI is InChI=1S/C18H23N3O3S2/c1-13-6-7-15(26(2,23)24)10-16(13)17(22)20-18-19-14(12-25-18)11-21-8-4-3-5-9-21/h6-7,10,12H,3-5,8-9,11H2,1-2H3,(H,19,20,22). The van der Waals surface area contributed by atoms with Gasteiger partial charge in [0.25, 0.3) is 5.91 Å². The Morgan fingerprint density at radius 2 is 2.00 bits per heavy atom. The Balaban J connectivity index is 1.70. The van der Waals surface area contributed by atoms with Crippen LogP contribution in [0, 0.1) is 6.92 Å². The lowest BCUT2D eigenvalue weighted by atomic mass is 10.1. The fourth-order valence-electron chi connectivity index (χ4n) is 3.02. The number of nitrogens with one attached hydrogen (secondary N) is 1. The maximum Gasteiger partial charge on any atom is 0.257 e. The van der Waals surface area contributed by atoms with E-state index in [1.54, 1.807) is 13.0 Å². The summed E-state index contributed by atoms with van der Waals surface area (Å²) < 4.78 is 23.4. The quantitative estimate of drug-likeness (QED) is 0.844. The number of thiazole rings is 1. The van der Waals surface area contributed by atoms with Crippen molar-refractivity contribution in [2.45, 2.75) is 37.6 Å². The van der Waals surface area contributed by atoms with Crippen LogP contribution in [0.15, 0.2) is 28.5 Å². The molecule has 1 N–H and O–H groups in total. The van der Waals surface area contributed by atoms with Crippen LogP contribution in [0.5, 0.6) is 0 Å². The second-order valence-electron chi connectivity index (χ2n) is 6.68. The molecule has 2 heterocycles. The molecule has 1 fully saturated rings. The summed E-state index contributed by atoms with van der Waals surface area (Å²) in [5, 5.41) is 5.29. The summed E-state index contributed by atoms with van der Waals surface area (Å²) in [5.74, 6) is -0.341. The summed E-state index contributed by atoms with van der Waals surface area (Å²) >= 11 is 1.39. The van der Waals surface area contributed by atoms with Crippen molar-refractivity contribution in [1.82, 2.24) is 9.88 Å². The van der Waals surface area contributed by atoms with Gasteiger partial charge in [0.15, 0.2) is 15.0 Å². The first kappa shape index (κ1) is 19.0. The number of rotatable bonds is 5. The molecule has 1 aliphatic heterocycles. The number of likely N-dealkylation sites (tertiary alicyclic amines) is 1. The Kier molecular flexibility index (Phi) is 5.74. The van der Waals surface area contributed by atoms with Crippen molar-refractivity contribution in [2.75, 3.05) is 24.7 Å². The van der Waals surface area contributed by atoms with Gasteiger partial charge in [-0.15, -0.1) is 11.3 Å². The first-order valence-electron chi connectivity index (χ1n) is 8.62. The summed E-state index contributed by atoms with van der Waals surface area (Å²) in [6, 6.07) is 4.58. The molecule has 0 radical (unpaired) electrons. The molecule has 0 unspecified atom stereocenters. The van der Waals surface area contributed by atoms with Crippen molar-refractivity contribution in [2.24, 2.45) is 0 Å². The highest BCUT2D eigenvalue weighted by atomic mass is 32.2. The van der Waals surface area contributed by atoms with Crippen molar-refractivity contribution in [3.05, 3.63) is 40.4 Å². The van der Waals surface area contributed by atoms with E-state index in [0.717, 1.165) is 37.1 Å². The highest BCUT2D eigenvalue weighted by molar-refractivity contribution is 7.90. The van der Waals surface area contributed by atoms with Crippen molar-refractivity contribution in [1.29, 1.82) is 0 Å². The molecule has 2 aromatic rings. The second-order valence-corrected chi connectivity index (χ2v) is 9.56. The van der Waals surface area contributed by atoms with Crippen molar-refractivity contribution < 1.29 is 13.2 Å². The molecular weight excluding hydrogens is 370 g/mol. The molecular formula is C18H23N3O3S2. The third-order valence-corrected chi connectivity index (χ3v) is 6.41. The van der Waals surface area contributed by atoms with Gasteiger partial charge in [-0.25, -0.2) is 13.4 Å². The van der Waals surface area contributed by atoms with Gasteiger partial charge in [0.1, 0.15) is 0 Å². The highest BCUT2D eigenvalue weighted by Crippen LogP contribution is 2.21. The summed E-state index contributed by atoms with van der Waals surface area (Å²) in [5.41, 5.74) is 2.02. The third-order valence-electron chi connectivity index (χ3n) is 4.49. The molecule has 26 heavy (non-hydrogen) atoms. The van der Waals surface area contributed by atoms with Crippen LogP contribution in [0.2, 0.25) is 0 Å². The average Bonchev–Trinajstić information content (AvgIpc) is 3.02. The number of amides is 1. The summed E-state index contributed by atoms with van der Waals surface area (Å²) in [6.07, 6.45) is 4.88. The third kappa shape index (κ3) is 4.69. The zero-order chi connectivity index (χ0) is 18.7. The maximum absolute atomic E-state index is 12.6. The van der Waals surface area contributed by atoms with Crippen molar-refractivity contribution >= 4 is 32.2 Å². The monoisotopic (exact) mass is 393 g/mol. The Labute approximate surface area is 158 Å². The van der Waals surface area contributed by atoms with E-state index in [2.05, 4.69) is 15.2 Å². The molecule has 0 spiro atoms. The molecule has 0 atom stereocenters. The van der Waals surface area contributed by atoms with Gasteiger partial charge >= 0.3 is 0 Å². The summed E-state index contributed by atoms with van der Waals surface area (Å²) in [7, 11) is -3.36. The molecule has 1 aromatic carbocycles. The second kappa shape index (κ2) is 7.85. The van der Waals surface area contributed by atoms with Gasteiger partial charge in [-0.3, -0.25) is 15.0 Å². The Hall–Kier alpha value is -1.77. The Morgan fingerprint density at radius 1 is 1.27 bits per heavy atom. The van der Waals surface area contributed by atoms with Gasteiger partial charge in [-0.1, -0.05) is 12.5 Å². The number of anilines is 1. The van der Waals surface area contributed by atoms with Crippen LogP contribution in [-0.2, 0) is 16.4 Å². The van der Waals surface area contributed by atoms with Gasteiger partial charge in [0.05, 0.1) is 10.6 Å². The molecule has 8 heteroatoms.